The molecule has 5 atom stereocenters. The van der Waals surface area contributed by atoms with E-state index < -0.39 is 11.6 Å². The molecule has 0 amide bonds. The summed E-state index contributed by atoms with van der Waals surface area (Å²) in [4.78, 5) is 0. The predicted octanol–water partition coefficient (Wildman–Crippen LogP) is 3.66. The van der Waals surface area contributed by atoms with Crippen LogP contribution in [0.1, 0.15) is 78.1 Å². The Kier molecular flexibility index (Phi) is 5.02. The molecule has 3 saturated heterocycles. The van der Waals surface area contributed by atoms with Crippen LogP contribution in [0.5, 0.6) is 0 Å². The third-order valence-corrected chi connectivity index (χ3v) is 6.79. The highest BCUT2D eigenvalue weighted by Gasteiger charge is 2.61. The molecule has 3 heterocycles. The topological polar surface area (TPSA) is 55.4 Å². The highest BCUT2D eigenvalue weighted by molar-refractivity contribution is 5.01. The van der Waals surface area contributed by atoms with E-state index in [-0.39, 0.29) is 36.8 Å². The lowest BCUT2D eigenvalue weighted by molar-refractivity contribution is -0.264. The van der Waals surface area contributed by atoms with Gasteiger partial charge in [-0.1, -0.05) is 12.8 Å². The van der Waals surface area contributed by atoms with Crippen molar-refractivity contribution in [2.75, 3.05) is 6.61 Å². The summed E-state index contributed by atoms with van der Waals surface area (Å²) in [5.41, 5.74) is 0. The lowest BCUT2D eigenvalue weighted by Crippen LogP contribution is -2.46. The molecule has 2 aliphatic carbocycles. The highest BCUT2D eigenvalue weighted by atomic mass is 16.9. The molecule has 3 aliphatic heterocycles. The molecule has 5 fully saturated rings. The molecule has 2 spiro atoms. The standard InChI is InChI=1S/C21H34O6/c1-14(2)23-17-16(15-13-22-20(25-15)9-5-3-6-10-20)24-19-18(17)26-21(27-19)11-7-4-8-12-21/h14-19H,3-13H2,1-2H3/t15-,16+,17-,18+,19-/m0/s1. The van der Waals surface area contributed by atoms with Crippen LogP contribution in [0.4, 0.5) is 0 Å². The van der Waals surface area contributed by atoms with Gasteiger partial charge in [-0.15, -0.1) is 0 Å². The predicted molar refractivity (Wildman–Crippen MR) is 97.1 cm³/mol. The number of fused-ring (bicyclic) bond motifs is 1. The van der Waals surface area contributed by atoms with Gasteiger partial charge in [-0.25, -0.2) is 0 Å². The van der Waals surface area contributed by atoms with E-state index in [4.69, 9.17) is 28.4 Å². The van der Waals surface area contributed by atoms with Gasteiger partial charge < -0.3 is 28.4 Å². The van der Waals surface area contributed by atoms with Gasteiger partial charge >= 0.3 is 0 Å². The Hall–Kier alpha value is -0.240. The van der Waals surface area contributed by atoms with Crippen molar-refractivity contribution in [3.8, 4) is 0 Å². The van der Waals surface area contributed by atoms with E-state index in [2.05, 4.69) is 13.8 Å². The minimum atomic E-state index is -0.464. The van der Waals surface area contributed by atoms with Crippen molar-refractivity contribution in [3.05, 3.63) is 0 Å². The number of ether oxygens (including phenoxy) is 6. The zero-order valence-corrected chi connectivity index (χ0v) is 16.7. The summed E-state index contributed by atoms with van der Waals surface area (Å²) >= 11 is 0. The number of hydrogen-bond donors (Lipinski definition) is 0. The second-order valence-corrected chi connectivity index (χ2v) is 9.23. The van der Waals surface area contributed by atoms with Crippen LogP contribution >= 0.6 is 0 Å². The zero-order valence-electron chi connectivity index (χ0n) is 16.7. The van der Waals surface area contributed by atoms with Crippen molar-refractivity contribution in [1.29, 1.82) is 0 Å². The molecule has 0 aromatic heterocycles. The first-order valence-corrected chi connectivity index (χ1v) is 11.1. The lowest BCUT2D eigenvalue weighted by Gasteiger charge is -2.36. The molecule has 154 valence electrons. The summed E-state index contributed by atoms with van der Waals surface area (Å²) in [7, 11) is 0. The van der Waals surface area contributed by atoms with Crippen molar-refractivity contribution in [1.82, 2.24) is 0 Å². The van der Waals surface area contributed by atoms with E-state index >= 15 is 0 Å². The highest BCUT2D eigenvalue weighted by Crippen LogP contribution is 2.48. The van der Waals surface area contributed by atoms with E-state index in [9.17, 15) is 0 Å². The van der Waals surface area contributed by atoms with E-state index in [1.54, 1.807) is 0 Å². The molecular weight excluding hydrogens is 348 g/mol. The summed E-state index contributed by atoms with van der Waals surface area (Å²) in [6, 6.07) is 0. The molecule has 5 aliphatic rings. The number of rotatable bonds is 3. The quantitative estimate of drug-likeness (QED) is 0.743. The lowest BCUT2D eigenvalue weighted by atomic mass is 9.94. The summed E-state index contributed by atoms with van der Waals surface area (Å²) < 4.78 is 38.1. The Bertz CT molecular complexity index is 525. The summed E-state index contributed by atoms with van der Waals surface area (Å²) in [6.45, 7) is 4.68. The molecule has 5 rings (SSSR count). The van der Waals surface area contributed by atoms with Gasteiger partial charge in [0.05, 0.1) is 12.7 Å². The van der Waals surface area contributed by atoms with Gasteiger partial charge in [0, 0.05) is 25.7 Å². The van der Waals surface area contributed by atoms with Crippen LogP contribution in [0.25, 0.3) is 0 Å². The van der Waals surface area contributed by atoms with Crippen LogP contribution in [-0.2, 0) is 28.4 Å². The average molecular weight is 382 g/mol. The monoisotopic (exact) mass is 382 g/mol. The zero-order chi connectivity index (χ0) is 18.5. The summed E-state index contributed by atoms with van der Waals surface area (Å²) in [5.74, 6) is -0.868. The Labute approximate surface area is 162 Å². The molecule has 0 aromatic rings. The Balaban J connectivity index is 1.30. The Morgan fingerprint density at radius 1 is 0.778 bits per heavy atom. The Morgan fingerprint density at radius 3 is 2.11 bits per heavy atom. The molecule has 0 radical (unpaired) electrons. The van der Waals surface area contributed by atoms with Gasteiger partial charge in [0.25, 0.3) is 0 Å². The molecule has 0 unspecified atom stereocenters. The van der Waals surface area contributed by atoms with Crippen LogP contribution in [-0.4, -0.2) is 55.0 Å². The van der Waals surface area contributed by atoms with Gasteiger partial charge in [0.1, 0.15) is 24.4 Å². The molecule has 0 bridgehead atoms. The van der Waals surface area contributed by atoms with E-state index in [0.717, 1.165) is 38.5 Å². The average Bonchev–Trinajstić information content (AvgIpc) is 3.29. The fourth-order valence-electron chi connectivity index (χ4n) is 5.54. The van der Waals surface area contributed by atoms with Gasteiger partial charge in [-0.05, 0) is 39.5 Å². The van der Waals surface area contributed by atoms with E-state index in [1.165, 1.54) is 25.7 Å². The molecule has 27 heavy (non-hydrogen) atoms. The third kappa shape index (κ3) is 3.47. The minimum Gasteiger partial charge on any atom is -0.370 e. The van der Waals surface area contributed by atoms with Crippen molar-refractivity contribution < 1.29 is 28.4 Å². The maximum atomic E-state index is 6.49. The first kappa shape index (κ1) is 18.8. The molecular formula is C21H34O6. The number of hydrogen-bond acceptors (Lipinski definition) is 6. The molecule has 0 aromatic carbocycles. The second kappa shape index (κ2) is 7.22. The third-order valence-electron chi connectivity index (χ3n) is 6.79. The van der Waals surface area contributed by atoms with E-state index in [0.29, 0.717) is 6.61 Å². The second-order valence-electron chi connectivity index (χ2n) is 9.23. The fourth-order valence-corrected chi connectivity index (χ4v) is 5.54. The van der Waals surface area contributed by atoms with E-state index in [1.807, 2.05) is 0 Å². The Morgan fingerprint density at radius 2 is 1.44 bits per heavy atom. The minimum absolute atomic E-state index is 0.0947. The van der Waals surface area contributed by atoms with Crippen molar-refractivity contribution in [2.24, 2.45) is 0 Å². The van der Waals surface area contributed by atoms with Crippen LogP contribution in [0, 0.1) is 0 Å². The van der Waals surface area contributed by atoms with Gasteiger partial charge in [-0.2, -0.15) is 0 Å². The van der Waals surface area contributed by atoms with Crippen LogP contribution in [0.2, 0.25) is 0 Å². The van der Waals surface area contributed by atoms with Crippen molar-refractivity contribution >= 4 is 0 Å². The van der Waals surface area contributed by atoms with Gasteiger partial charge in [-0.3, -0.25) is 0 Å². The van der Waals surface area contributed by atoms with Crippen LogP contribution < -0.4 is 0 Å². The maximum absolute atomic E-state index is 6.49. The molecule has 0 N–H and O–H groups in total. The normalized spacial score (nSPS) is 43.0. The first-order valence-electron chi connectivity index (χ1n) is 11.1. The fraction of sp³-hybridized carbons (Fsp3) is 1.00. The maximum Gasteiger partial charge on any atom is 0.190 e. The van der Waals surface area contributed by atoms with Gasteiger partial charge in [0.2, 0.25) is 0 Å². The van der Waals surface area contributed by atoms with Crippen molar-refractivity contribution in [2.45, 2.75) is 126 Å². The van der Waals surface area contributed by atoms with Gasteiger partial charge in [0.15, 0.2) is 17.9 Å². The summed E-state index contributed by atoms with van der Waals surface area (Å²) in [6.07, 6.45) is 10.1. The largest absolute Gasteiger partial charge is 0.370 e. The summed E-state index contributed by atoms with van der Waals surface area (Å²) in [5, 5.41) is 0. The van der Waals surface area contributed by atoms with Crippen LogP contribution in [0.15, 0.2) is 0 Å². The molecule has 6 nitrogen and oxygen atoms in total. The van der Waals surface area contributed by atoms with Crippen LogP contribution in [0.3, 0.4) is 0 Å². The SMILES string of the molecule is CC(C)O[C@@H]1[C@H]2OC3(CCCCC3)O[C@@H]2O[C@@H]1[C@@H]1COC2(CCCCC2)O1. The smallest absolute Gasteiger partial charge is 0.190 e. The van der Waals surface area contributed by atoms with Crippen molar-refractivity contribution in [3.63, 3.8) is 0 Å². The molecule has 2 saturated carbocycles. The first-order chi connectivity index (χ1) is 13.1. The molecule has 6 heteroatoms.